The normalized spacial score (nSPS) is 11.4. The molecule has 6 nitrogen and oxygen atoms in total. The van der Waals surface area contributed by atoms with E-state index < -0.39 is 7.82 Å². The molecule has 29 heavy (non-hydrogen) atoms. The highest BCUT2D eigenvalue weighted by Gasteiger charge is 2.31. The summed E-state index contributed by atoms with van der Waals surface area (Å²) in [6, 6.07) is 17.4. The summed E-state index contributed by atoms with van der Waals surface area (Å²) in [4.78, 5) is 0. The first-order chi connectivity index (χ1) is 14.0. The zero-order valence-electron chi connectivity index (χ0n) is 17.0. The monoisotopic (exact) mass is 416 g/mol. The summed E-state index contributed by atoms with van der Waals surface area (Å²) in [5.74, 6) is 1.22. The first-order valence-electron chi connectivity index (χ1n) is 9.38. The number of phosphoric ester groups is 1. The molecule has 0 unspecified atom stereocenters. The van der Waals surface area contributed by atoms with Gasteiger partial charge in [-0.15, -0.1) is 0 Å². The molecule has 0 aliphatic carbocycles. The predicted octanol–water partition coefficient (Wildman–Crippen LogP) is 6.08. The van der Waals surface area contributed by atoms with Crippen LogP contribution in [0.3, 0.4) is 0 Å². The van der Waals surface area contributed by atoms with Crippen LogP contribution in [0.15, 0.2) is 54.6 Å². The third kappa shape index (κ3) is 4.56. The molecule has 7 heteroatoms. The number of hydrogen-bond donors (Lipinski definition) is 0. The minimum Gasteiger partial charge on any atom is -0.497 e. The van der Waals surface area contributed by atoms with Crippen LogP contribution >= 0.6 is 7.82 Å². The van der Waals surface area contributed by atoms with Gasteiger partial charge in [-0.1, -0.05) is 42.5 Å². The first kappa shape index (κ1) is 21.2. The Balaban J connectivity index is 2.26. The Morgan fingerprint density at radius 3 is 2.17 bits per heavy atom. The van der Waals surface area contributed by atoms with Crippen LogP contribution in [0.5, 0.6) is 17.2 Å². The maximum atomic E-state index is 13.1. The van der Waals surface area contributed by atoms with E-state index in [0.717, 1.165) is 16.3 Å². The van der Waals surface area contributed by atoms with Crippen LogP contribution < -0.4 is 14.0 Å². The smallest absolute Gasteiger partial charge is 0.497 e. The Labute approximate surface area is 170 Å². The molecule has 0 aromatic heterocycles. The summed E-state index contributed by atoms with van der Waals surface area (Å²) in [5.41, 5.74) is 1.55. The van der Waals surface area contributed by atoms with Crippen molar-refractivity contribution in [1.29, 1.82) is 0 Å². The Morgan fingerprint density at radius 1 is 0.828 bits per heavy atom. The second-order valence-corrected chi connectivity index (χ2v) is 7.70. The predicted molar refractivity (Wildman–Crippen MR) is 114 cm³/mol. The summed E-state index contributed by atoms with van der Waals surface area (Å²) in [5, 5.41) is 2.08. The van der Waals surface area contributed by atoms with E-state index in [1.54, 1.807) is 27.0 Å². The second kappa shape index (κ2) is 9.31. The van der Waals surface area contributed by atoms with Crippen LogP contribution in [0.4, 0.5) is 0 Å². The highest BCUT2D eigenvalue weighted by molar-refractivity contribution is 7.48. The van der Waals surface area contributed by atoms with Gasteiger partial charge in [0, 0.05) is 11.6 Å². The Bertz CT molecular complexity index is 1020. The van der Waals surface area contributed by atoms with Gasteiger partial charge in [-0.2, -0.15) is 0 Å². The van der Waals surface area contributed by atoms with Crippen molar-refractivity contribution in [3.63, 3.8) is 0 Å². The summed E-state index contributed by atoms with van der Waals surface area (Å²) >= 11 is 0. The summed E-state index contributed by atoms with van der Waals surface area (Å²) in [6.07, 6.45) is 0. The third-order valence-corrected chi connectivity index (χ3v) is 5.90. The molecule has 0 saturated heterocycles. The zero-order chi connectivity index (χ0) is 20.9. The lowest BCUT2D eigenvalue weighted by atomic mass is 9.97. The number of fused-ring (bicyclic) bond motifs is 1. The van der Waals surface area contributed by atoms with Gasteiger partial charge >= 0.3 is 7.82 Å². The molecule has 0 aliphatic heterocycles. The van der Waals surface area contributed by atoms with Crippen molar-refractivity contribution in [2.24, 2.45) is 0 Å². The molecular formula is C22H25O6P. The first-order valence-corrected chi connectivity index (χ1v) is 10.8. The van der Waals surface area contributed by atoms with Crippen LogP contribution in [0.25, 0.3) is 21.9 Å². The molecule has 0 aliphatic rings. The molecule has 0 amide bonds. The van der Waals surface area contributed by atoms with Gasteiger partial charge < -0.3 is 14.0 Å². The summed E-state index contributed by atoms with van der Waals surface area (Å²) in [7, 11) is -0.742. The van der Waals surface area contributed by atoms with Crippen LogP contribution in [0.1, 0.15) is 13.8 Å². The molecule has 0 saturated carbocycles. The van der Waals surface area contributed by atoms with E-state index in [9.17, 15) is 4.57 Å². The van der Waals surface area contributed by atoms with E-state index in [1.165, 1.54) is 7.11 Å². The third-order valence-electron chi connectivity index (χ3n) is 4.34. The van der Waals surface area contributed by atoms with Gasteiger partial charge in [-0.05, 0) is 36.2 Å². The molecule has 0 bridgehead atoms. The zero-order valence-corrected chi connectivity index (χ0v) is 17.9. The number of methoxy groups -OCH3 is 2. The number of phosphoric acid groups is 1. The Hall–Kier alpha value is -2.53. The second-order valence-electron chi connectivity index (χ2n) is 6.11. The van der Waals surface area contributed by atoms with E-state index in [1.807, 2.05) is 48.5 Å². The fraction of sp³-hybridized carbons (Fsp3) is 0.273. The number of rotatable bonds is 9. The van der Waals surface area contributed by atoms with E-state index >= 15 is 0 Å². The molecule has 154 valence electrons. The van der Waals surface area contributed by atoms with Crippen molar-refractivity contribution >= 4 is 18.6 Å². The van der Waals surface area contributed by atoms with E-state index in [4.69, 9.17) is 23.0 Å². The van der Waals surface area contributed by atoms with Gasteiger partial charge in [0.2, 0.25) is 0 Å². The van der Waals surface area contributed by atoms with Gasteiger partial charge in [0.15, 0.2) is 11.5 Å². The molecule has 0 spiro atoms. The topological polar surface area (TPSA) is 63.2 Å². The quantitative estimate of drug-likeness (QED) is 0.394. The maximum Gasteiger partial charge on any atom is 0.530 e. The average molecular weight is 416 g/mol. The molecule has 3 rings (SSSR count). The van der Waals surface area contributed by atoms with Crippen molar-refractivity contribution in [1.82, 2.24) is 0 Å². The molecule has 0 N–H and O–H groups in total. The number of hydrogen-bond acceptors (Lipinski definition) is 6. The minimum atomic E-state index is -3.83. The van der Waals surface area contributed by atoms with Crippen LogP contribution in [-0.2, 0) is 13.6 Å². The lowest BCUT2D eigenvalue weighted by Gasteiger charge is -2.22. The van der Waals surface area contributed by atoms with Crippen LogP contribution in [-0.4, -0.2) is 27.4 Å². The van der Waals surface area contributed by atoms with Crippen molar-refractivity contribution in [2.45, 2.75) is 13.8 Å². The van der Waals surface area contributed by atoms with Crippen molar-refractivity contribution in [3.05, 3.63) is 54.6 Å². The van der Waals surface area contributed by atoms with E-state index in [0.29, 0.717) is 17.1 Å². The van der Waals surface area contributed by atoms with Crippen LogP contribution in [0, 0.1) is 0 Å². The molecule has 0 heterocycles. The van der Waals surface area contributed by atoms with Gasteiger partial charge in [-0.3, -0.25) is 9.05 Å². The largest absolute Gasteiger partial charge is 0.530 e. The van der Waals surface area contributed by atoms with Gasteiger partial charge in [0.1, 0.15) is 5.75 Å². The lowest BCUT2D eigenvalue weighted by molar-refractivity contribution is 0.166. The van der Waals surface area contributed by atoms with E-state index in [2.05, 4.69) is 0 Å². The van der Waals surface area contributed by atoms with Crippen LogP contribution in [0.2, 0.25) is 0 Å². The Morgan fingerprint density at radius 2 is 1.52 bits per heavy atom. The van der Waals surface area contributed by atoms with Gasteiger partial charge in [0.25, 0.3) is 0 Å². The van der Waals surface area contributed by atoms with Crippen molar-refractivity contribution in [3.8, 4) is 28.4 Å². The molecular weight excluding hydrogens is 391 g/mol. The standard InChI is InChI=1S/C22H25O6P/c1-5-26-29(23,27-6-2)28-22-20(14-17(24-3)15-21(22)25-4)19-13-9-11-16-10-7-8-12-18(16)19/h7-15H,5-6H2,1-4H3. The SMILES string of the molecule is CCOP(=O)(OCC)Oc1c(OC)cc(OC)cc1-c1cccc2ccccc12. The maximum absolute atomic E-state index is 13.1. The molecule has 3 aromatic carbocycles. The fourth-order valence-corrected chi connectivity index (χ4v) is 4.34. The average Bonchev–Trinajstić information content (AvgIpc) is 2.73. The lowest BCUT2D eigenvalue weighted by Crippen LogP contribution is -2.05. The molecule has 3 aromatic rings. The van der Waals surface area contributed by atoms with E-state index in [-0.39, 0.29) is 19.0 Å². The highest BCUT2D eigenvalue weighted by Crippen LogP contribution is 2.55. The number of ether oxygens (including phenoxy) is 2. The summed E-state index contributed by atoms with van der Waals surface area (Å²) < 4.78 is 40.6. The summed E-state index contributed by atoms with van der Waals surface area (Å²) in [6.45, 7) is 3.82. The fourth-order valence-electron chi connectivity index (χ4n) is 3.12. The number of benzene rings is 3. The molecule has 0 radical (unpaired) electrons. The molecule has 0 atom stereocenters. The van der Waals surface area contributed by atoms with Crippen molar-refractivity contribution < 1.29 is 27.6 Å². The van der Waals surface area contributed by atoms with Gasteiger partial charge in [0.05, 0.1) is 27.4 Å². The minimum absolute atomic E-state index is 0.180. The molecule has 0 fully saturated rings. The van der Waals surface area contributed by atoms with Gasteiger partial charge in [-0.25, -0.2) is 4.57 Å². The van der Waals surface area contributed by atoms with Crippen molar-refractivity contribution in [2.75, 3.05) is 27.4 Å². The Kier molecular flexibility index (Phi) is 6.80. The highest BCUT2D eigenvalue weighted by atomic mass is 31.2.